The molecule has 0 amide bonds. The Bertz CT molecular complexity index is 3630. The fourth-order valence-corrected chi connectivity index (χ4v) is 6.37. The van der Waals surface area contributed by atoms with Gasteiger partial charge in [0.1, 0.15) is 11.2 Å². The molecule has 0 aliphatic carbocycles. The van der Waals surface area contributed by atoms with Crippen LogP contribution in [-0.4, -0.2) is 19.5 Å². The van der Waals surface area contributed by atoms with Crippen LogP contribution in [0.4, 0.5) is 0 Å². The van der Waals surface area contributed by atoms with Crippen LogP contribution in [-0.2, 0) is 0 Å². The second-order valence-corrected chi connectivity index (χ2v) is 11.3. The molecule has 0 atom stereocenters. The Kier molecular flexibility index (Phi) is 3.87. The van der Waals surface area contributed by atoms with E-state index in [9.17, 15) is 6.85 Å². The maximum Gasteiger partial charge on any atom is 0.238 e. The van der Waals surface area contributed by atoms with Crippen molar-refractivity contribution in [1.82, 2.24) is 19.5 Å². The van der Waals surface area contributed by atoms with Crippen molar-refractivity contribution in [2.75, 3.05) is 0 Å². The maximum atomic E-state index is 10.0. The summed E-state index contributed by atoms with van der Waals surface area (Å²) in [7, 11) is 0. The zero-order valence-corrected chi connectivity index (χ0v) is 25.7. The molecule has 234 valence electrons. The lowest BCUT2D eigenvalue weighted by Crippen LogP contribution is -2.07. The topological polar surface area (TPSA) is 56.7 Å². The van der Waals surface area contributed by atoms with Gasteiger partial charge in [0.2, 0.25) is 5.95 Å². The summed E-state index contributed by atoms with van der Waals surface area (Å²) in [5.74, 6) is -0.307. The quantitative estimate of drug-likeness (QED) is 0.185. The summed E-state index contributed by atoms with van der Waals surface area (Å²) < 4.78 is 142. The highest BCUT2D eigenvalue weighted by molar-refractivity contribution is 6.16. The molecular weight excluding hydrogens is 613 g/mol. The van der Waals surface area contributed by atoms with Gasteiger partial charge in [-0.2, -0.15) is 9.97 Å². The number of fused-ring (bicyclic) bond motifs is 6. The van der Waals surface area contributed by atoms with Gasteiger partial charge >= 0.3 is 0 Å². The molecule has 3 heterocycles. The number of benzene rings is 7. The largest absolute Gasteiger partial charge is 0.455 e. The van der Waals surface area contributed by atoms with Crippen LogP contribution in [0.15, 0.2) is 174 Å². The minimum absolute atomic E-state index is 0.00101. The SMILES string of the molecule is [2H]c1c([2H])c([2H])c(-c2c(-c3nc(-c4ccccc4)nc(-n4c5ccccc5c5ccccc54)n3)c(-c3c([2H])c([2H])c([2H])c([2H])c3[2H])c3oc4c([2H])c([2H])c([2H])c([2H])c4c3c2[2H])c([2H])c1[2H]. The lowest BCUT2D eigenvalue weighted by molar-refractivity contribution is 0.670. The minimum Gasteiger partial charge on any atom is -0.455 e. The highest BCUT2D eigenvalue weighted by atomic mass is 16.3. The van der Waals surface area contributed by atoms with Crippen LogP contribution in [0.1, 0.15) is 20.6 Å². The number of rotatable bonds is 5. The molecule has 0 unspecified atom stereocenters. The van der Waals surface area contributed by atoms with E-state index >= 15 is 0 Å². The number of para-hydroxylation sites is 3. The molecule has 0 spiro atoms. The Balaban J connectivity index is 1.53. The first kappa shape index (κ1) is 17.0. The van der Waals surface area contributed by atoms with Gasteiger partial charge in [-0.05, 0) is 40.9 Å². The second kappa shape index (κ2) is 11.4. The van der Waals surface area contributed by atoms with Crippen molar-refractivity contribution in [3.63, 3.8) is 0 Å². The molecule has 50 heavy (non-hydrogen) atoms. The molecule has 0 aliphatic heterocycles. The molecule has 0 bridgehead atoms. The normalized spacial score (nSPS) is 15.8. The molecule has 0 radical (unpaired) electrons. The number of furan rings is 1. The van der Waals surface area contributed by atoms with Crippen molar-refractivity contribution < 1.29 is 25.0 Å². The summed E-state index contributed by atoms with van der Waals surface area (Å²) in [5, 5.41) is 0.974. The Morgan fingerprint density at radius 3 is 1.80 bits per heavy atom. The van der Waals surface area contributed by atoms with Crippen molar-refractivity contribution in [2.45, 2.75) is 0 Å². The van der Waals surface area contributed by atoms with E-state index in [0.29, 0.717) is 16.6 Å². The van der Waals surface area contributed by atoms with Crippen LogP contribution in [0.25, 0.3) is 94.7 Å². The van der Waals surface area contributed by atoms with Crippen LogP contribution in [0.3, 0.4) is 0 Å². The van der Waals surface area contributed by atoms with Crippen LogP contribution in [0.5, 0.6) is 0 Å². The van der Waals surface area contributed by atoms with Crippen LogP contribution < -0.4 is 0 Å². The molecule has 10 aromatic rings. The fourth-order valence-electron chi connectivity index (χ4n) is 6.37. The lowest BCUT2D eigenvalue weighted by Gasteiger charge is -2.17. The average molecular weight is 656 g/mol. The fraction of sp³-hybridized carbons (Fsp3) is 0. The van der Waals surface area contributed by atoms with Gasteiger partial charge in [-0.15, -0.1) is 0 Å². The molecular formula is C45H28N4O. The Morgan fingerprint density at radius 2 is 1.08 bits per heavy atom. The van der Waals surface area contributed by atoms with E-state index in [2.05, 4.69) is 0 Å². The summed E-state index contributed by atoms with van der Waals surface area (Å²) in [5.41, 5.74) is -1.49. The van der Waals surface area contributed by atoms with Gasteiger partial charge in [-0.1, -0.05) is 145 Å². The van der Waals surface area contributed by atoms with Gasteiger partial charge < -0.3 is 4.42 Å². The summed E-state index contributed by atoms with van der Waals surface area (Å²) in [4.78, 5) is 14.9. The van der Waals surface area contributed by atoms with Gasteiger partial charge in [0.15, 0.2) is 11.6 Å². The molecule has 10 rings (SSSR count). The molecule has 0 N–H and O–H groups in total. The summed E-state index contributed by atoms with van der Waals surface area (Å²) >= 11 is 0. The molecule has 7 aromatic carbocycles. The Hall–Kier alpha value is -6.85. The Morgan fingerprint density at radius 1 is 0.480 bits per heavy atom. The van der Waals surface area contributed by atoms with Gasteiger partial charge in [0.05, 0.1) is 31.6 Å². The van der Waals surface area contributed by atoms with Crippen LogP contribution >= 0.6 is 0 Å². The smallest absolute Gasteiger partial charge is 0.238 e. The first-order valence-corrected chi connectivity index (χ1v) is 15.5. The molecule has 0 saturated carbocycles. The second-order valence-electron chi connectivity index (χ2n) is 11.3. The summed E-state index contributed by atoms with van der Waals surface area (Å²) in [6.45, 7) is 0. The predicted octanol–water partition coefficient (Wildman–Crippen LogP) is 11.5. The molecule has 0 saturated heterocycles. The highest BCUT2D eigenvalue weighted by Gasteiger charge is 2.26. The third-order valence-electron chi connectivity index (χ3n) is 8.47. The predicted molar refractivity (Wildman–Crippen MR) is 203 cm³/mol. The van der Waals surface area contributed by atoms with Crippen LogP contribution in [0.2, 0.25) is 0 Å². The van der Waals surface area contributed by atoms with E-state index in [1.807, 2.05) is 48.5 Å². The van der Waals surface area contributed by atoms with Crippen molar-refractivity contribution in [1.29, 1.82) is 0 Å². The van der Waals surface area contributed by atoms with Gasteiger partial charge in [0.25, 0.3) is 0 Å². The molecule has 3 aromatic heterocycles. The van der Waals surface area contributed by atoms with Crippen molar-refractivity contribution in [2.24, 2.45) is 0 Å². The number of nitrogens with zero attached hydrogens (tertiary/aromatic N) is 4. The van der Waals surface area contributed by atoms with Gasteiger partial charge in [-0.3, -0.25) is 4.57 Å². The van der Waals surface area contributed by atoms with E-state index in [0.717, 1.165) is 10.8 Å². The summed E-state index contributed by atoms with van der Waals surface area (Å²) in [6.07, 6.45) is 0. The third-order valence-corrected chi connectivity index (χ3v) is 8.47. The average Bonchev–Trinajstić information content (AvgIpc) is 3.89. The number of hydrogen-bond acceptors (Lipinski definition) is 4. The van der Waals surface area contributed by atoms with Crippen LogP contribution in [0, 0.1) is 0 Å². The summed E-state index contributed by atoms with van der Waals surface area (Å²) in [6, 6.07) is 12.6. The zero-order valence-electron chi connectivity index (χ0n) is 40.7. The van der Waals surface area contributed by atoms with E-state index in [1.165, 1.54) is 0 Å². The first-order chi connectivity index (χ1) is 31.0. The van der Waals surface area contributed by atoms with E-state index in [4.69, 9.17) is 33.1 Å². The van der Waals surface area contributed by atoms with E-state index < -0.39 is 124 Å². The zero-order chi connectivity index (χ0) is 46.1. The van der Waals surface area contributed by atoms with Gasteiger partial charge in [-0.25, -0.2) is 4.98 Å². The lowest BCUT2D eigenvalue weighted by atomic mass is 9.89. The molecule has 5 nitrogen and oxygen atoms in total. The standard InChI is InChI=1S/C45H28N4O/c1-4-16-29(17-5-1)35-28-36-34-24-12-15-27-39(34)50-42(36)40(30-18-6-2-7-19-30)41(35)44-46-43(31-20-8-3-9-21-31)47-45(48-44)49-37-25-13-10-22-32(37)33-23-11-14-26-38(33)49/h1-28H/i1D,2D,4D,5D,6D,7D,12D,15D,16D,17D,18D,19D,24D,27D,28D. The minimum atomic E-state index is -0.790. The third kappa shape index (κ3) is 4.45. The molecule has 0 aliphatic rings. The van der Waals surface area contributed by atoms with E-state index in [1.54, 1.807) is 34.9 Å². The van der Waals surface area contributed by atoms with Crippen molar-refractivity contribution in [3.05, 3.63) is 169 Å². The van der Waals surface area contributed by atoms with E-state index in [-0.39, 0.29) is 33.9 Å². The number of aromatic nitrogens is 4. The molecule has 0 fully saturated rings. The Labute approximate surface area is 308 Å². The maximum absolute atomic E-state index is 10.0. The van der Waals surface area contributed by atoms with Gasteiger partial charge in [0, 0.05) is 38.2 Å². The monoisotopic (exact) mass is 655 g/mol. The number of hydrogen-bond donors (Lipinski definition) is 0. The van der Waals surface area contributed by atoms with Crippen molar-refractivity contribution >= 4 is 43.7 Å². The van der Waals surface area contributed by atoms with Crippen molar-refractivity contribution in [3.8, 4) is 51.0 Å². The first-order valence-electron chi connectivity index (χ1n) is 23.0. The molecule has 5 heteroatoms. The highest BCUT2D eigenvalue weighted by Crippen LogP contribution is 2.47.